The van der Waals surface area contributed by atoms with Gasteiger partial charge in [0.1, 0.15) is 0 Å². The van der Waals surface area contributed by atoms with Crippen molar-refractivity contribution in [2.45, 2.75) is 42.8 Å². The van der Waals surface area contributed by atoms with Crippen molar-refractivity contribution in [2.24, 2.45) is 0 Å². The summed E-state index contributed by atoms with van der Waals surface area (Å²) in [7, 11) is -3.23. The highest BCUT2D eigenvalue weighted by molar-refractivity contribution is 7.92. The second kappa shape index (κ2) is 4.65. The van der Waals surface area contributed by atoms with Crippen molar-refractivity contribution in [3.63, 3.8) is 0 Å². The van der Waals surface area contributed by atoms with Crippen LogP contribution in [0, 0.1) is 6.92 Å². The van der Waals surface area contributed by atoms with Crippen LogP contribution < -0.4 is 0 Å². The van der Waals surface area contributed by atoms with Crippen molar-refractivity contribution in [1.82, 2.24) is 0 Å². The Morgan fingerprint density at radius 2 is 1.82 bits per heavy atom. The molecule has 1 aromatic rings. The summed E-state index contributed by atoms with van der Waals surface area (Å²) < 4.78 is 24.9. The fourth-order valence-electron chi connectivity index (χ4n) is 2.31. The molecule has 0 heterocycles. The molecule has 0 aliphatic heterocycles. The molecule has 0 bridgehead atoms. The minimum absolute atomic E-state index is 0.376. The summed E-state index contributed by atoms with van der Waals surface area (Å²) >= 11 is 0. The van der Waals surface area contributed by atoms with E-state index < -0.39 is 9.84 Å². The van der Waals surface area contributed by atoms with E-state index in [0.29, 0.717) is 4.90 Å². The summed E-state index contributed by atoms with van der Waals surface area (Å²) in [6.07, 6.45) is 3.61. The van der Waals surface area contributed by atoms with Gasteiger partial charge in [-0.3, -0.25) is 0 Å². The first-order valence-corrected chi connectivity index (χ1v) is 7.54. The Labute approximate surface area is 103 Å². The van der Waals surface area contributed by atoms with Crippen molar-refractivity contribution < 1.29 is 8.42 Å². The molecule has 1 aliphatic rings. The number of rotatable bonds is 2. The monoisotopic (exact) mass is 250 g/mol. The van der Waals surface area contributed by atoms with Crippen LogP contribution in [-0.4, -0.2) is 13.7 Å². The lowest BCUT2D eigenvalue weighted by Gasteiger charge is -2.24. The van der Waals surface area contributed by atoms with Crippen molar-refractivity contribution >= 4 is 9.84 Å². The smallest absolute Gasteiger partial charge is 0.185 e. The van der Waals surface area contributed by atoms with E-state index in [1.807, 2.05) is 19.1 Å². The van der Waals surface area contributed by atoms with E-state index in [2.05, 4.69) is 6.58 Å². The Bertz CT molecular complexity index is 512. The maximum absolute atomic E-state index is 12.4. The molecule has 0 radical (unpaired) electrons. The van der Waals surface area contributed by atoms with Gasteiger partial charge in [-0.05, 0) is 38.3 Å². The molecule has 0 N–H and O–H groups in total. The van der Waals surface area contributed by atoms with Gasteiger partial charge in [-0.25, -0.2) is 8.42 Å². The van der Waals surface area contributed by atoms with Crippen molar-refractivity contribution in [2.75, 3.05) is 0 Å². The van der Waals surface area contributed by atoms with Crippen molar-refractivity contribution in [1.29, 1.82) is 0 Å². The number of benzene rings is 1. The molecule has 92 valence electrons. The molecule has 0 amide bonds. The predicted molar refractivity (Wildman–Crippen MR) is 69.8 cm³/mol. The zero-order chi connectivity index (χ0) is 12.5. The summed E-state index contributed by atoms with van der Waals surface area (Å²) in [6.45, 7) is 5.88. The number of sulfone groups is 1. The molecule has 2 rings (SSSR count). The fraction of sp³-hybridized carbons (Fsp3) is 0.429. The Morgan fingerprint density at radius 1 is 1.18 bits per heavy atom. The van der Waals surface area contributed by atoms with Crippen LogP contribution in [0.5, 0.6) is 0 Å². The molecule has 1 atom stereocenters. The zero-order valence-corrected chi connectivity index (χ0v) is 11.0. The highest BCUT2D eigenvalue weighted by Gasteiger charge is 2.31. The van der Waals surface area contributed by atoms with Gasteiger partial charge in [0.2, 0.25) is 0 Å². The Balaban J connectivity index is 2.35. The van der Waals surface area contributed by atoms with E-state index >= 15 is 0 Å². The van der Waals surface area contributed by atoms with Gasteiger partial charge in [-0.1, -0.05) is 36.3 Å². The second-order valence-electron chi connectivity index (χ2n) is 4.75. The third-order valence-corrected chi connectivity index (χ3v) is 5.64. The van der Waals surface area contributed by atoms with Gasteiger partial charge in [0, 0.05) is 0 Å². The number of hydrogen-bond acceptors (Lipinski definition) is 2. The Morgan fingerprint density at radius 3 is 2.41 bits per heavy atom. The molecule has 0 saturated heterocycles. The molecule has 1 aromatic carbocycles. The molecule has 1 aliphatic carbocycles. The van der Waals surface area contributed by atoms with Crippen LogP contribution in [0.1, 0.15) is 31.2 Å². The number of aryl methyl sites for hydroxylation is 1. The van der Waals surface area contributed by atoms with Gasteiger partial charge in [-0.2, -0.15) is 0 Å². The predicted octanol–water partition coefficient (Wildman–Crippen LogP) is 3.27. The van der Waals surface area contributed by atoms with Crippen LogP contribution >= 0.6 is 0 Å². The van der Waals surface area contributed by atoms with Gasteiger partial charge in [0.15, 0.2) is 9.84 Å². The molecule has 0 spiro atoms. The van der Waals surface area contributed by atoms with Gasteiger partial charge in [-0.15, -0.1) is 0 Å². The van der Waals surface area contributed by atoms with Crippen LogP contribution in [-0.2, 0) is 9.84 Å². The maximum atomic E-state index is 12.4. The summed E-state index contributed by atoms with van der Waals surface area (Å²) in [5.74, 6) is 0. The first-order valence-electron chi connectivity index (χ1n) is 6.00. The molecule has 1 saturated carbocycles. The van der Waals surface area contributed by atoms with Crippen LogP contribution in [0.4, 0.5) is 0 Å². The molecule has 1 fully saturated rings. The lowest BCUT2D eigenvalue weighted by Crippen LogP contribution is -2.26. The molecule has 17 heavy (non-hydrogen) atoms. The normalized spacial score (nSPS) is 21.5. The fourth-order valence-corrected chi connectivity index (χ4v) is 4.19. The molecular weight excluding hydrogens is 232 g/mol. The largest absolute Gasteiger partial charge is 0.223 e. The van der Waals surface area contributed by atoms with Crippen LogP contribution in [0.3, 0.4) is 0 Å². The lowest BCUT2D eigenvalue weighted by molar-refractivity contribution is 0.548. The van der Waals surface area contributed by atoms with Crippen LogP contribution in [0.15, 0.2) is 41.3 Å². The van der Waals surface area contributed by atoms with Gasteiger partial charge in [0.25, 0.3) is 0 Å². The molecule has 0 aromatic heterocycles. The first kappa shape index (κ1) is 12.4. The average molecular weight is 250 g/mol. The standard InChI is InChI=1S/C14H18O2S/c1-11-7-9-13(10-8-11)17(15,16)14-6-4-3-5-12(14)2/h7-10,14H,2-6H2,1H3. The molecule has 3 heteroatoms. The van der Waals surface area contributed by atoms with E-state index in [4.69, 9.17) is 0 Å². The summed E-state index contributed by atoms with van der Waals surface area (Å²) in [4.78, 5) is 0.427. The Kier molecular flexibility index (Phi) is 3.38. The quantitative estimate of drug-likeness (QED) is 0.755. The van der Waals surface area contributed by atoms with Gasteiger partial charge in [0.05, 0.1) is 10.1 Å². The molecular formula is C14H18O2S. The summed E-state index contributed by atoms with van der Waals surface area (Å²) in [5, 5.41) is -0.376. The van der Waals surface area contributed by atoms with E-state index in [-0.39, 0.29) is 5.25 Å². The number of hydrogen-bond donors (Lipinski definition) is 0. The topological polar surface area (TPSA) is 34.1 Å². The maximum Gasteiger partial charge on any atom is 0.185 e. The third kappa shape index (κ3) is 2.44. The minimum Gasteiger partial charge on any atom is -0.223 e. The molecule has 1 unspecified atom stereocenters. The SMILES string of the molecule is C=C1CCCCC1S(=O)(=O)c1ccc(C)cc1. The highest BCUT2D eigenvalue weighted by Crippen LogP contribution is 2.31. The zero-order valence-electron chi connectivity index (χ0n) is 10.1. The van der Waals surface area contributed by atoms with Crippen LogP contribution in [0.25, 0.3) is 0 Å². The van der Waals surface area contributed by atoms with E-state index in [0.717, 1.165) is 36.8 Å². The van der Waals surface area contributed by atoms with E-state index in [1.54, 1.807) is 12.1 Å². The summed E-state index contributed by atoms with van der Waals surface area (Å²) in [5.41, 5.74) is 1.95. The highest BCUT2D eigenvalue weighted by atomic mass is 32.2. The van der Waals surface area contributed by atoms with Gasteiger partial charge >= 0.3 is 0 Å². The van der Waals surface area contributed by atoms with Crippen molar-refractivity contribution in [3.05, 3.63) is 42.0 Å². The average Bonchev–Trinajstić information content (AvgIpc) is 2.30. The van der Waals surface area contributed by atoms with Crippen molar-refractivity contribution in [3.8, 4) is 0 Å². The van der Waals surface area contributed by atoms with Gasteiger partial charge < -0.3 is 0 Å². The Hall–Kier alpha value is -1.09. The molecule has 2 nitrogen and oxygen atoms in total. The first-order chi connectivity index (χ1) is 8.01. The summed E-state index contributed by atoms with van der Waals surface area (Å²) in [6, 6.07) is 7.09. The van der Waals surface area contributed by atoms with E-state index in [9.17, 15) is 8.42 Å². The lowest BCUT2D eigenvalue weighted by atomic mass is 9.96. The van der Waals surface area contributed by atoms with E-state index in [1.165, 1.54) is 0 Å². The second-order valence-corrected chi connectivity index (χ2v) is 6.88. The minimum atomic E-state index is -3.23. The third-order valence-electron chi connectivity index (χ3n) is 3.39. The van der Waals surface area contributed by atoms with Crippen LogP contribution in [0.2, 0.25) is 0 Å².